The molecular formula is C18H18N8O2. The van der Waals surface area contributed by atoms with E-state index in [4.69, 9.17) is 4.74 Å². The quantitative estimate of drug-likeness (QED) is 0.551. The molecule has 0 aromatic carbocycles. The van der Waals surface area contributed by atoms with Crippen LogP contribution in [0.4, 0.5) is 5.69 Å². The Labute approximate surface area is 159 Å². The fourth-order valence-electron chi connectivity index (χ4n) is 3.22. The van der Waals surface area contributed by atoms with Gasteiger partial charge in [-0.1, -0.05) is 0 Å². The van der Waals surface area contributed by atoms with E-state index in [-0.39, 0.29) is 5.91 Å². The van der Waals surface area contributed by atoms with Gasteiger partial charge in [0, 0.05) is 18.0 Å². The van der Waals surface area contributed by atoms with Crippen molar-refractivity contribution in [3.8, 4) is 17.1 Å². The number of fused-ring (bicyclic) bond motifs is 1. The van der Waals surface area contributed by atoms with Crippen LogP contribution in [0.25, 0.3) is 16.9 Å². The lowest BCUT2D eigenvalue weighted by Crippen LogP contribution is -2.17. The van der Waals surface area contributed by atoms with Gasteiger partial charge < -0.3 is 10.1 Å². The van der Waals surface area contributed by atoms with Gasteiger partial charge in [0.2, 0.25) is 0 Å². The minimum absolute atomic E-state index is 0.321. The standard InChI is InChI=1S/C18H18N8O2/c1-28-18-15(10-26(24-18)12-3-2-4-12)23-17(27)13-9-21-25-6-5-14(22-16(13)25)11-7-19-20-8-11/h5-10,12H,2-4H2,1H3,(H,19,20)(H,23,27). The summed E-state index contributed by atoms with van der Waals surface area (Å²) in [5.74, 6) is 0.0714. The number of hydrogen-bond donors (Lipinski definition) is 2. The molecule has 28 heavy (non-hydrogen) atoms. The minimum atomic E-state index is -0.321. The Hall–Kier alpha value is -3.69. The summed E-state index contributed by atoms with van der Waals surface area (Å²) in [6.07, 6.45) is 11.9. The molecule has 4 aromatic heterocycles. The van der Waals surface area contributed by atoms with Crippen LogP contribution in [0.2, 0.25) is 0 Å². The SMILES string of the molecule is COc1nn(C2CCC2)cc1NC(=O)c1cnn2ccc(-c3cn[nH]c3)nc12. The molecule has 0 bridgehead atoms. The van der Waals surface area contributed by atoms with E-state index >= 15 is 0 Å². The molecule has 10 heteroatoms. The van der Waals surface area contributed by atoms with Gasteiger partial charge in [0.1, 0.15) is 11.3 Å². The number of aromatic amines is 1. The molecule has 1 fully saturated rings. The first-order chi connectivity index (χ1) is 13.7. The molecule has 4 aromatic rings. The molecule has 5 rings (SSSR count). The van der Waals surface area contributed by atoms with Crippen LogP contribution in [0.5, 0.6) is 5.88 Å². The molecule has 142 valence electrons. The second-order valence-corrected chi connectivity index (χ2v) is 6.70. The zero-order valence-electron chi connectivity index (χ0n) is 15.2. The average Bonchev–Trinajstić information content (AvgIpc) is 3.39. The summed E-state index contributed by atoms with van der Waals surface area (Å²) in [5, 5.41) is 18.2. The summed E-state index contributed by atoms with van der Waals surface area (Å²) in [4.78, 5) is 17.5. The number of carbonyl (C=O) groups excluding carboxylic acids is 1. The van der Waals surface area contributed by atoms with Crippen molar-refractivity contribution in [3.05, 3.63) is 42.6 Å². The molecule has 0 aliphatic heterocycles. The number of rotatable bonds is 5. The Balaban J connectivity index is 1.46. The Morgan fingerprint density at radius 3 is 2.96 bits per heavy atom. The van der Waals surface area contributed by atoms with Gasteiger partial charge in [-0.05, 0) is 25.3 Å². The fraction of sp³-hybridized carbons (Fsp3) is 0.278. The van der Waals surface area contributed by atoms with Crippen LogP contribution in [0.3, 0.4) is 0 Å². The highest BCUT2D eigenvalue weighted by atomic mass is 16.5. The first-order valence-corrected chi connectivity index (χ1v) is 9.01. The summed E-state index contributed by atoms with van der Waals surface area (Å²) in [6.45, 7) is 0. The summed E-state index contributed by atoms with van der Waals surface area (Å²) in [5.41, 5.74) is 2.89. The molecule has 0 unspecified atom stereocenters. The second kappa shape index (κ2) is 6.48. The molecule has 10 nitrogen and oxygen atoms in total. The van der Waals surface area contributed by atoms with Crippen LogP contribution in [-0.4, -0.2) is 47.6 Å². The van der Waals surface area contributed by atoms with Crippen LogP contribution in [0, 0.1) is 0 Å². The molecule has 4 heterocycles. The van der Waals surface area contributed by atoms with Gasteiger partial charge in [-0.15, -0.1) is 5.10 Å². The van der Waals surface area contributed by atoms with Gasteiger partial charge in [-0.2, -0.15) is 10.2 Å². The number of nitrogens with zero attached hydrogens (tertiary/aromatic N) is 6. The first kappa shape index (κ1) is 16.5. The molecule has 0 spiro atoms. The molecule has 0 atom stereocenters. The van der Waals surface area contributed by atoms with E-state index in [1.807, 2.05) is 16.9 Å². The van der Waals surface area contributed by atoms with Crippen molar-refractivity contribution in [1.82, 2.24) is 34.6 Å². The lowest BCUT2D eigenvalue weighted by Gasteiger charge is -2.25. The van der Waals surface area contributed by atoms with Crippen molar-refractivity contribution < 1.29 is 9.53 Å². The number of nitrogens with one attached hydrogen (secondary N) is 2. The lowest BCUT2D eigenvalue weighted by molar-refractivity contribution is 0.102. The fourth-order valence-corrected chi connectivity index (χ4v) is 3.22. The molecule has 1 aliphatic rings. The molecular weight excluding hydrogens is 360 g/mol. The van der Waals surface area contributed by atoms with Gasteiger partial charge in [0.25, 0.3) is 11.8 Å². The maximum absolute atomic E-state index is 12.9. The predicted octanol–water partition coefficient (Wildman–Crippen LogP) is 2.30. The zero-order chi connectivity index (χ0) is 19.1. The second-order valence-electron chi connectivity index (χ2n) is 6.70. The smallest absolute Gasteiger partial charge is 0.261 e. The van der Waals surface area contributed by atoms with E-state index in [0.29, 0.717) is 34.5 Å². The van der Waals surface area contributed by atoms with Crippen molar-refractivity contribution in [2.45, 2.75) is 25.3 Å². The predicted molar refractivity (Wildman–Crippen MR) is 100 cm³/mol. The number of H-pyrrole nitrogens is 1. The Bertz CT molecular complexity index is 1140. The average molecular weight is 378 g/mol. The summed E-state index contributed by atoms with van der Waals surface area (Å²) >= 11 is 0. The number of amides is 1. The largest absolute Gasteiger partial charge is 0.478 e. The third-order valence-corrected chi connectivity index (χ3v) is 5.00. The summed E-state index contributed by atoms with van der Waals surface area (Å²) < 4.78 is 8.75. The minimum Gasteiger partial charge on any atom is -0.478 e. The van der Waals surface area contributed by atoms with Crippen LogP contribution in [0.15, 0.2) is 37.1 Å². The van der Waals surface area contributed by atoms with Crippen molar-refractivity contribution >= 4 is 17.2 Å². The number of aromatic nitrogens is 7. The highest BCUT2D eigenvalue weighted by Crippen LogP contribution is 2.34. The van der Waals surface area contributed by atoms with Gasteiger partial charge in [-0.25, -0.2) is 9.50 Å². The Morgan fingerprint density at radius 1 is 1.36 bits per heavy atom. The van der Waals surface area contributed by atoms with E-state index < -0.39 is 0 Å². The summed E-state index contributed by atoms with van der Waals surface area (Å²) in [6, 6.07) is 2.19. The normalized spacial score (nSPS) is 14.2. The maximum Gasteiger partial charge on any atom is 0.261 e. The third kappa shape index (κ3) is 2.70. The van der Waals surface area contributed by atoms with Crippen LogP contribution < -0.4 is 10.1 Å². The van der Waals surface area contributed by atoms with Crippen LogP contribution in [0.1, 0.15) is 35.7 Å². The van der Waals surface area contributed by atoms with E-state index in [1.165, 1.54) is 19.7 Å². The number of ether oxygens (including phenoxy) is 1. The van der Waals surface area contributed by atoms with Crippen molar-refractivity contribution in [1.29, 1.82) is 0 Å². The molecule has 2 N–H and O–H groups in total. The van der Waals surface area contributed by atoms with Crippen molar-refractivity contribution in [2.75, 3.05) is 12.4 Å². The van der Waals surface area contributed by atoms with Gasteiger partial charge >= 0.3 is 0 Å². The van der Waals surface area contributed by atoms with E-state index in [9.17, 15) is 4.79 Å². The van der Waals surface area contributed by atoms with Gasteiger partial charge in [0.15, 0.2) is 5.65 Å². The topological polar surface area (TPSA) is 115 Å². The monoisotopic (exact) mass is 378 g/mol. The Kier molecular flexibility index (Phi) is 3.81. The highest BCUT2D eigenvalue weighted by Gasteiger charge is 2.24. The number of anilines is 1. The highest BCUT2D eigenvalue weighted by molar-refractivity contribution is 6.08. The number of carbonyl (C=O) groups is 1. The van der Waals surface area contributed by atoms with E-state index in [1.54, 1.807) is 23.1 Å². The van der Waals surface area contributed by atoms with Gasteiger partial charge in [0.05, 0.1) is 37.4 Å². The third-order valence-electron chi connectivity index (χ3n) is 5.00. The maximum atomic E-state index is 12.9. The zero-order valence-corrected chi connectivity index (χ0v) is 15.2. The first-order valence-electron chi connectivity index (χ1n) is 9.01. The summed E-state index contributed by atoms with van der Waals surface area (Å²) in [7, 11) is 1.54. The molecule has 0 radical (unpaired) electrons. The van der Waals surface area contributed by atoms with Gasteiger partial charge in [-0.3, -0.25) is 14.6 Å². The van der Waals surface area contributed by atoms with E-state index in [2.05, 4.69) is 30.7 Å². The molecule has 0 saturated heterocycles. The Morgan fingerprint density at radius 2 is 2.25 bits per heavy atom. The van der Waals surface area contributed by atoms with Crippen molar-refractivity contribution in [3.63, 3.8) is 0 Å². The number of methoxy groups -OCH3 is 1. The van der Waals surface area contributed by atoms with E-state index in [0.717, 1.165) is 18.4 Å². The van der Waals surface area contributed by atoms with Crippen LogP contribution in [-0.2, 0) is 0 Å². The lowest BCUT2D eigenvalue weighted by atomic mass is 9.93. The van der Waals surface area contributed by atoms with Crippen LogP contribution >= 0.6 is 0 Å². The molecule has 1 saturated carbocycles. The van der Waals surface area contributed by atoms with Crippen molar-refractivity contribution in [2.24, 2.45) is 0 Å². The molecule has 1 aliphatic carbocycles. The number of hydrogen-bond acceptors (Lipinski definition) is 6. The molecule has 1 amide bonds.